The molecule has 1 atom stereocenters. The van der Waals surface area contributed by atoms with Crippen LogP contribution in [0.1, 0.15) is 30.4 Å². The Morgan fingerprint density at radius 3 is 2.57 bits per heavy atom. The van der Waals surface area contributed by atoms with Gasteiger partial charge in [-0.25, -0.2) is 0 Å². The Balaban J connectivity index is 2.05. The first-order valence-corrected chi connectivity index (χ1v) is 7.88. The fourth-order valence-corrected chi connectivity index (χ4v) is 3.07. The molecule has 0 saturated carbocycles. The van der Waals surface area contributed by atoms with E-state index in [4.69, 9.17) is 0 Å². The Morgan fingerprint density at radius 2 is 1.91 bits per heavy atom. The predicted octanol–water partition coefficient (Wildman–Crippen LogP) is 3.19. The van der Waals surface area contributed by atoms with Crippen LogP contribution in [0.15, 0.2) is 24.3 Å². The van der Waals surface area contributed by atoms with Gasteiger partial charge in [0.2, 0.25) is 5.91 Å². The summed E-state index contributed by atoms with van der Waals surface area (Å²) in [6.45, 7) is 1.23. The van der Waals surface area contributed by atoms with E-state index < -0.39 is 11.7 Å². The third kappa shape index (κ3) is 4.70. The van der Waals surface area contributed by atoms with E-state index in [9.17, 15) is 18.0 Å². The van der Waals surface area contributed by atoms with Crippen LogP contribution in [-0.2, 0) is 17.4 Å². The number of hydrogen-bond donors (Lipinski definition) is 0. The number of alkyl halides is 3. The second-order valence-electron chi connectivity index (χ2n) is 6.26. The fraction of sp³-hybridized carbons (Fsp3) is 0.588. The number of carbonyl (C=O) groups is 1. The highest BCUT2D eigenvalue weighted by Gasteiger charge is 2.33. The minimum atomic E-state index is -4.42. The van der Waals surface area contributed by atoms with Crippen molar-refractivity contribution in [2.75, 3.05) is 27.2 Å². The minimum absolute atomic E-state index is 0.0541. The Morgan fingerprint density at radius 1 is 1.22 bits per heavy atom. The van der Waals surface area contributed by atoms with Gasteiger partial charge in [-0.15, -0.1) is 0 Å². The SMILES string of the molecule is CN(C)[C@H]1CCCN(C(=O)Cc2ccccc2C(F)(F)F)CC1. The summed E-state index contributed by atoms with van der Waals surface area (Å²) in [5.41, 5.74) is -0.659. The van der Waals surface area contributed by atoms with Crippen molar-refractivity contribution in [3.8, 4) is 0 Å². The molecule has 1 aliphatic rings. The quantitative estimate of drug-likeness (QED) is 0.851. The van der Waals surface area contributed by atoms with Gasteiger partial charge in [0, 0.05) is 19.1 Å². The van der Waals surface area contributed by atoms with Crippen LogP contribution in [0.2, 0.25) is 0 Å². The topological polar surface area (TPSA) is 23.6 Å². The van der Waals surface area contributed by atoms with Crippen LogP contribution in [0.3, 0.4) is 0 Å². The van der Waals surface area contributed by atoms with Crippen molar-refractivity contribution >= 4 is 5.91 Å². The van der Waals surface area contributed by atoms with Gasteiger partial charge in [-0.2, -0.15) is 13.2 Å². The van der Waals surface area contributed by atoms with Gasteiger partial charge in [0.05, 0.1) is 12.0 Å². The molecule has 0 radical (unpaired) electrons. The number of likely N-dealkylation sites (tertiary alicyclic amines) is 1. The monoisotopic (exact) mass is 328 g/mol. The van der Waals surface area contributed by atoms with Gasteiger partial charge < -0.3 is 9.80 Å². The van der Waals surface area contributed by atoms with Gasteiger partial charge in [0.15, 0.2) is 0 Å². The normalized spacial score (nSPS) is 19.7. The number of carbonyl (C=O) groups excluding carboxylic acids is 1. The molecule has 128 valence electrons. The van der Waals surface area contributed by atoms with E-state index in [0.717, 1.165) is 25.3 Å². The average molecular weight is 328 g/mol. The van der Waals surface area contributed by atoms with Gasteiger partial charge in [-0.1, -0.05) is 18.2 Å². The standard InChI is InChI=1S/C17H23F3N2O/c1-21(2)14-7-5-10-22(11-9-14)16(23)12-13-6-3-4-8-15(13)17(18,19)20/h3-4,6,8,14H,5,7,9-12H2,1-2H3/t14-/m0/s1. The molecular formula is C17H23F3N2O. The van der Waals surface area contributed by atoms with Crippen LogP contribution in [-0.4, -0.2) is 48.9 Å². The first kappa shape index (κ1) is 17.8. The van der Waals surface area contributed by atoms with E-state index in [1.54, 1.807) is 11.0 Å². The molecule has 0 bridgehead atoms. The Bertz CT molecular complexity index is 543. The molecule has 1 saturated heterocycles. The Kier molecular flexibility index (Phi) is 5.68. The molecule has 1 aromatic rings. The number of halogens is 3. The zero-order valence-electron chi connectivity index (χ0n) is 13.6. The minimum Gasteiger partial charge on any atom is -0.342 e. The lowest BCUT2D eigenvalue weighted by molar-refractivity contribution is -0.138. The summed E-state index contributed by atoms with van der Waals surface area (Å²) in [7, 11) is 4.03. The summed E-state index contributed by atoms with van der Waals surface area (Å²) < 4.78 is 39.0. The number of benzene rings is 1. The second kappa shape index (κ2) is 7.34. The number of hydrogen-bond acceptors (Lipinski definition) is 2. The van der Waals surface area contributed by atoms with E-state index in [1.165, 1.54) is 12.1 Å². The van der Waals surface area contributed by atoms with Crippen LogP contribution < -0.4 is 0 Å². The van der Waals surface area contributed by atoms with Gasteiger partial charge >= 0.3 is 6.18 Å². The second-order valence-corrected chi connectivity index (χ2v) is 6.26. The van der Waals surface area contributed by atoms with Crippen molar-refractivity contribution < 1.29 is 18.0 Å². The lowest BCUT2D eigenvalue weighted by atomic mass is 10.0. The molecular weight excluding hydrogens is 305 g/mol. The number of rotatable bonds is 3. The summed E-state index contributed by atoms with van der Waals surface area (Å²) >= 11 is 0. The van der Waals surface area contributed by atoms with Crippen LogP contribution in [0.4, 0.5) is 13.2 Å². The fourth-order valence-electron chi connectivity index (χ4n) is 3.07. The molecule has 6 heteroatoms. The zero-order valence-corrected chi connectivity index (χ0v) is 13.6. The molecule has 0 N–H and O–H groups in total. The number of nitrogens with zero attached hydrogens (tertiary/aromatic N) is 2. The molecule has 0 aromatic heterocycles. The molecule has 1 heterocycles. The third-order valence-electron chi connectivity index (χ3n) is 4.45. The van der Waals surface area contributed by atoms with Crippen molar-refractivity contribution in [1.82, 2.24) is 9.80 Å². The number of amides is 1. The van der Waals surface area contributed by atoms with Gasteiger partial charge in [-0.05, 0) is 45.0 Å². The van der Waals surface area contributed by atoms with Crippen LogP contribution in [0.5, 0.6) is 0 Å². The van der Waals surface area contributed by atoms with Crippen LogP contribution in [0, 0.1) is 0 Å². The highest BCUT2D eigenvalue weighted by Crippen LogP contribution is 2.32. The van der Waals surface area contributed by atoms with Gasteiger partial charge in [-0.3, -0.25) is 4.79 Å². The average Bonchev–Trinajstić information content (AvgIpc) is 2.72. The van der Waals surface area contributed by atoms with E-state index in [0.29, 0.717) is 19.1 Å². The highest BCUT2D eigenvalue weighted by atomic mass is 19.4. The molecule has 0 aliphatic carbocycles. The highest BCUT2D eigenvalue weighted by molar-refractivity contribution is 5.79. The summed E-state index contributed by atoms with van der Waals surface area (Å²) in [6.07, 6.45) is -1.86. The van der Waals surface area contributed by atoms with E-state index in [-0.39, 0.29) is 17.9 Å². The molecule has 0 spiro atoms. The van der Waals surface area contributed by atoms with Crippen molar-refractivity contribution in [3.05, 3.63) is 35.4 Å². The van der Waals surface area contributed by atoms with Crippen molar-refractivity contribution in [2.24, 2.45) is 0 Å². The van der Waals surface area contributed by atoms with Crippen LogP contribution >= 0.6 is 0 Å². The van der Waals surface area contributed by atoms with Crippen LogP contribution in [0.25, 0.3) is 0 Å². The summed E-state index contributed by atoms with van der Waals surface area (Å²) in [4.78, 5) is 16.3. The predicted molar refractivity (Wildman–Crippen MR) is 83.1 cm³/mol. The molecule has 1 aromatic carbocycles. The molecule has 1 fully saturated rings. The van der Waals surface area contributed by atoms with Gasteiger partial charge in [0.25, 0.3) is 0 Å². The molecule has 3 nitrogen and oxygen atoms in total. The Labute approximate surface area is 135 Å². The molecule has 0 unspecified atom stereocenters. The van der Waals surface area contributed by atoms with E-state index >= 15 is 0 Å². The largest absolute Gasteiger partial charge is 0.416 e. The lowest BCUT2D eigenvalue weighted by Gasteiger charge is -2.24. The van der Waals surface area contributed by atoms with Crippen molar-refractivity contribution in [3.63, 3.8) is 0 Å². The molecule has 1 amide bonds. The maximum atomic E-state index is 13.0. The summed E-state index contributed by atoms with van der Waals surface area (Å²) in [6, 6.07) is 5.75. The molecule has 23 heavy (non-hydrogen) atoms. The lowest BCUT2D eigenvalue weighted by Crippen LogP contribution is -2.35. The maximum absolute atomic E-state index is 13.0. The zero-order chi connectivity index (χ0) is 17.0. The summed E-state index contributed by atoms with van der Waals surface area (Å²) in [5, 5.41) is 0. The smallest absolute Gasteiger partial charge is 0.342 e. The van der Waals surface area contributed by atoms with E-state index in [1.807, 2.05) is 14.1 Å². The molecule has 1 aliphatic heterocycles. The third-order valence-corrected chi connectivity index (χ3v) is 4.45. The van der Waals surface area contributed by atoms with E-state index in [2.05, 4.69) is 4.90 Å². The summed E-state index contributed by atoms with van der Waals surface area (Å²) in [5.74, 6) is -0.221. The first-order valence-electron chi connectivity index (χ1n) is 7.88. The first-order chi connectivity index (χ1) is 10.8. The van der Waals surface area contributed by atoms with Crippen molar-refractivity contribution in [2.45, 2.75) is 37.9 Å². The van der Waals surface area contributed by atoms with Crippen molar-refractivity contribution in [1.29, 1.82) is 0 Å². The Hall–Kier alpha value is -1.56. The maximum Gasteiger partial charge on any atom is 0.416 e. The molecule has 2 rings (SSSR count). The van der Waals surface area contributed by atoms with Gasteiger partial charge in [0.1, 0.15) is 0 Å².